The van der Waals surface area contributed by atoms with Gasteiger partial charge in [0.2, 0.25) is 0 Å². The van der Waals surface area contributed by atoms with Crippen LogP contribution in [0.2, 0.25) is 0 Å². The zero-order chi connectivity index (χ0) is 14.0. The van der Waals surface area contributed by atoms with Gasteiger partial charge in [0.05, 0.1) is 38.2 Å². The summed E-state index contributed by atoms with van der Waals surface area (Å²) in [5, 5.41) is 0. The number of thioether (sulfide) groups is 2. The Labute approximate surface area is 128 Å². The fourth-order valence-corrected chi connectivity index (χ4v) is 3.51. The summed E-state index contributed by atoms with van der Waals surface area (Å²) in [6, 6.07) is 6.69. The molecule has 0 amide bonds. The number of ether oxygens (including phenoxy) is 2. The maximum Gasteiger partial charge on any atom is 0.123 e. The van der Waals surface area contributed by atoms with E-state index in [1.165, 1.54) is 12.1 Å². The van der Waals surface area contributed by atoms with Crippen molar-refractivity contribution in [3.05, 3.63) is 30.1 Å². The molecule has 112 valence electrons. The van der Waals surface area contributed by atoms with Gasteiger partial charge in [-0.2, -0.15) is 0 Å². The average Bonchev–Trinajstić information content (AvgIpc) is 2.49. The Balaban J connectivity index is 1.90. The molecule has 1 fully saturated rings. The number of anilines is 1. The summed E-state index contributed by atoms with van der Waals surface area (Å²) in [6.45, 7) is 2.84. The Hall–Kier alpha value is -0.430. The van der Waals surface area contributed by atoms with Crippen LogP contribution in [-0.2, 0) is 9.47 Å². The highest BCUT2D eigenvalue weighted by molar-refractivity contribution is 8.00. The molecule has 1 heterocycles. The third kappa shape index (κ3) is 5.91. The Morgan fingerprint density at radius 2 is 1.40 bits per heavy atom. The highest BCUT2D eigenvalue weighted by Crippen LogP contribution is 2.20. The number of hydrogen-bond donors (Lipinski definition) is 0. The first kappa shape index (κ1) is 15.9. The van der Waals surface area contributed by atoms with Crippen molar-refractivity contribution < 1.29 is 13.9 Å². The van der Waals surface area contributed by atoms with Crippen LogP contribution in [0.5, 0.6) is 0 Å². The van der Waals surface area contributed by atoms with Crippen LogP contribution in [0.25, 0.3) is 0 Å². The van der Waals surface area contributed by atoms with Crippen LogP contribution in [-0.4, -0.2) is 49.7 Å². The number of halogens is 1. The van der Waals surface area contributed by atoms with Gasteiger partial charge in [0.1, 0.15) is 5.82 Å². The van der Waals surface area contributed by atoms with Gasteiger partial charge in [-0.15, -0.1) is 23.5 Å². The Kier molecular flexibility index (Phi) is 7.57. The van der Waals surface area contributed by atoms with Gasteiger partial charge >= 0.3 is 0 Å². The second-order valence-corrected chi connectivity index (χ2v) is 6.47. The van der Waals surface area contributed by atoms with Crippen LogP contribution in [0.15, 0.2) is 24.3 Å². The monoisotopic (exact) mass is 317 g/mol. The van der Waals surface area contributed by atoms with Crippen molar-refractivity contribution >= 4 is 29.2 Å². The smallest absolute Gasteiger partial charge is 0.123 e. The number of hydrogen-bond acceptors (Lipinski definition) is 5. The van der Waals surface area contributed by atoms with E-state index in [9.17, 15) is 4.39 Å². The quantitative estimate of drug-likeness (QED) is 0.791. The van der Waals surface area contributed by atoms with Gasteiger partial charge in [0.15, 0.2) is 0 Å². The first-order chi connectivity index (χ1) is 9.86. The predicted octanol–water partition coefficient (Wildman–Crippen LogP) is 3.06. The van der Waals surface area contributed by atoms with Crippen molar-refractivity contribution in [2.75, 3.05) is 54.6 Å². The van der Waals surface area contributed by atoms with Gasteiger partial charge in [-0.25, -0.2) is 4.39 Å². The summed E-state index contributed by atoms with van der Waals surface area (Å²) in [5.74, 6) is 3.51. The van der Waals surface area contributed by atoms with Crippen LogP contribution >= 0.6 is 23.5 Å². The summed E-state index contributed by atoms with van der Waals surface area (Å²) in [5.41, 5.74) is 1.06. The average molecular weight is 317 g/mol. The number of benzene rings is 1. The van der Waals surface area contributed by atoms with E-state index in [0.29, 0.717) is 13.2 Å². The Bertz CT molecular complexity index is 364. The molecule has 1 aromatic carbocycles. The lowest BCUT2D eigenvalue weighted by Gasteiger charge is -2.24. The van der Waals surface area contributed by atoms with Gasteiger partial charge < -0.3 is 14.4 Å². The van der Waals surface area contributed by atoms with Crippen LogP contribution in [0.4, 0.5) is 10.1 Å². The molecule has 20 heavy (non-hydrogen) atoms. The number of nitrogens with zero attached hydrogens (tertiary/aromatic N) is 1. The molecule has 3 nitrogen and oxygen atoms in total. The molecule has 6 heteroatoms. The summed E-state index contributed by atoms with van der Waals surface area (Å²) in [6.07, 6.45) is 0. The molecule has 1 aromatic rings. The molecule has 0 spiro atoms. The molecular weight excluding hydrogens is 297 g/mol. The van der Waals surface area contributed by atoms with Gasteiger partial charge in [0.25, 0.3) is 0 Å². The molecule has 2 rings (SSSR count). The lowest BCUT2D eigenvalue weighted by atomic mass is 10.3. The standard InChI is InChI=1S/C14H20FNO2S2/c15-13-1-3-14(4-2-13)16-11-19-9-7-17-5-6-18-8-10-20-12-16/h1-4H,5-12H2. The van der Waals surface area contributed by atoms with E-state index in [-0.39, 0.29) is 5.82 Å². The van der Waals surface area contributed by atoms with E-state index in [4.69, 9.17) is 9.47 Å². The number of rotatable bonds is 1. The highest BCUT2D eigenvalue weighted by atomic mass is 32.2. The SMILES string of the molecule is Fc1ccc(N2CSCCOCCOCCSC2)cc1. The second-order valence-electron chi connectivity index (χ2n) is 4.32. The first-order valence-corrected chi connectivity index (χ1v) is 8.99. The third-order valence-corrected chi connectivity index (χ3v) is 4.70. The molecule has 1 saturated heterocycles. The normalized spacial score (nSPS) is 19.8. The zero-order valence-electron chi connectivity index (χ0n) is 11.4. The molecule has 0 unspecified atom stereocenters. The topological polar surface area (TPSA) is 21.7 Å². The molecule has 1 aliphatic rings. The van der Waals surface area contributed by atoms with Crippen LogP contribution < -0.4 is 4.90 Å². The maximum atomic E-state index is 13.0. The molecule has 0 radical (unpaired) electrons. The van der Waals surface area contributed by atoms with E-state index in [1.54, 1.807) is 0 Å². The molecular formula is C14H20FNO2S2. The second kappa shape index (κ2) is 9.50. The zero-order valence-corrected chi connectivity index (χ0v) is 13.1. The Morgan fingerprint density at radius 1 is 0.850 bits per heavy atom. The molecule has 0 bridgehead atoms. The minimum Gasteiger partial charge on any atom is -0.378 e. The van der Waals surface area contributed by atoms with Crippen molar-refractivity contribution in [2.24, 2.45) is 0 Å². The van der Waals surface area contributed by atoms with E-state index < -0.39 is 0 Å². The minimum atomic E-state index is -0.193. The van der Waals surface area contributed by atoms with E-state index in [0.717, 1.165) is 42.2 Å². The maximum absolute atomic E-state index is 13.0. The van der Waals surface area contributed by atoms with Crippen LogP contribution in [0.3, 0.4) is 0 Å². The van der Waals surface area contributed by atoms with Crippen molar-refractivity contribution in [2.45, 2.75) is 0 Å². The summed E-state index contributed by atoms with van der Waals surface area (Å²) >= 11 is 3.67. The van der Waals surface area contributed by atoms with E-state index >= 15 is 0 Å². The fraction of sp³-hybridized carbons (Fsp3) is 0.571. The van der Waals surface area contributed by atoms with Gasteiger partial charge in [-0.1, -0.05) is 0 Å². The van der Waals surface area contributed by atoms with E-state index in [1.807, 2.05) is 35.7 Å². The first-order valence-electron chi connectivity index (χ1n) is 6.68. The predicted molar refractivity (Wildman–Crippen MR) is 85.2 cm³/mol. The van der Waals surface area contributed by atoms with Crippen LogP contribution in [0.1, 0.15) is 0 Å². The van der Waals surface area contributed by atoms with Crippen molar-refractivity contribution in [3.8, 4) is 0 Å². The van der Waals surface area contributed by atoms with E-state index in [2.05, 4.69) is 4.90 Å². The lowest BCUT2D eigenvalue weighted by Crippen LogP contribution is -2.23. The molecule has 0 saturated carbocycles. The molecule has 0 aliphatic carbocycles. The fourth-order valence-electron chi connectivity index (χ4n) is 1.75. The van der Waals surface area contributed by atoms with Gasteiger partial charge in [0, 0.05) is 17.2 Å². The lowest BCUT2D eigenvalue weighted by molar-refractivity contribution is 0.0605. The summed E-state index contributed by atoms with van der Waals surface area (Å²) in [7, 11) is 0. The largest absolute Gasteiger partial charge is 0.378 e. The highest BCUT2D eigenvalue weighted by Gasteiger charge is 2.07. The molecule has 1 aliphatic heterocycles. The van der Waals surface area contributed by atoms with Gasteiger partial charge in [-0.05, 0) is 24.3 Å². The van der Waals surface area contributed by atoms with Gasteiger partial charge in [-0.3, -0.25) is 0 Å². The summed E-state index contributed by atoms with van der Waals surface area (Å²) in [4.78, 5) is 2.26. The molecule has 0 N–H and O–H groups in total. The minimum absolute atomic E-state index is 0.193. The van der Waals surface area contributed by atoms with Crippen molar-refractivity contribution in [1.82, 2.24) is 0 Å². The van der Waals surface area contributed by atoms with Crippen molar-refractivity contribution in [1.29, 1.82) is 0 Å². The third-order valence-electron chi connectivity index (χ3n) is 2.80. The Morgan fingerprint density at radius 3 is 1.95 bits per heavy atom. The van der Waals surface area contributed by atoms with Crippen molar-refractivity contribution in [3.63, 3.8) is 0 Å². The molecule has 0 aromatic heterocycles. The molecule has 0 atom stereocenters. The van der Waals surface area contributed by atoms with Crippen LogP contribution in [0, 0.1) is 5.82 Å². The summed E-state index contributed by atoms with van der Waals surface area (Å²) < 4.78 is 24.0.